The molecule has 1 atom stereocenters. The monoisotopic (exact) mass is 339 g/mol. The molecule has 5 heteroatoms. The Morgan fingerprint density at radius 1 is 1.32 bits per heavy atom. The van der Waals surface area contributed by atoms with Crippen molar-refractivity contribution in [3.63, 3.8) is 0 Å². The Kier molecular flexibility index (Phi) is 4.34. The van der Waals surface area contributed by atoms with Gasteiger partial charge in [-0.3, -0.25) is 9.48 Å². The van der Waals surface area contributed by atoms with E-state index >= 15 is 0 Å². The molecule has 2 heterocycles. The van der Waals surface area contributed by atoms with Crippen LogP contribution in [0.4, 0.5) is 0 Å². The van der Waals surface area contributed by atoms with Gasteiger partial charge in [0.05, 0.1) is 24.5 Å². The fraction of sp³-hybridized carbons (Fsp3) is 0.500. The number of rotatable bonds is 5. The van der Waals surface area contributed by atoms with Gasteiger partial charge in [0.15, 0.2) is 0 Å². The minimum atomic E-state index is -0.0667. The van der Waals surface area contributed by atoms with Crippen molar-refractivity contribution in [3.8, 4) is 0 Å². The van der Waals surface area contributed by atoms with Crippen molar-refractivity contribution in [3.05, 3.63) is 52.8 Å². The number of ether oxygens (including phenoxy) is 1. The number of fused-ring (bicyclic) bond motifs is 1. The molecule has 1 aliphatic carbocycles. The molecule has 1 fully saturated rings. The Morgan fingerprint density at radius 2 is 2.16 bits per heavy atom. The molecule has 1 amide bonds. The van der Waals surface area contributed by atoms with Gasteiger partial charge in [0, 0.05) is 25.8 Å². The van der Waals surface area contributed by atoms with Gasteiger partial charge >= 0.3 is 0 Å². The highest BCUT2D eigenvalue weighted by atomic mass is 16.5. The third kappa shape index (κ3) is 3.33. The summed E-state index contributed by atoms with van der Waals surface area (Å²) in [5.41, 5.74) is 4.20. The van der Waals surface area contributed by atoms with Crippen LogP contribution < -0.4 is 0 Å². The standard InChI is InChI=1S/C20H25N3O2/c1-14-4-3-5-16(10-14)20(24)23-9-8-17-11-21-22(2)19(17)18(23)13-25-12-15-6-7-15/h3-5,10-11,15,18H,6-9,12-13H2,1-2H3. The molecule has 1 saturated carbocycles. The SMILES string of the molecule is Cc1cccc(C(=O)N2CCc3cnn(C)c3C2COCC2CC2)c1. The molecule has 0 radical (unpaired) electrons. The van der Waals surface area contributed by atoms with Gasteiger partial charge in [0.1, 0.15) is 0 Å². The summed E-state index contributed by atoms with van der Waals surface area (Å²) in [5.74, 6) is 0.797. The molecule has 1 unspecified atom stereocenters. The second-order valence-electron chi connectivity index (χ2n) is 7.29. The topological polar surface area (TPSA) is 47.4 Å². The highest BCUT2D eigenvalue weighted by Gasteiger charge is 2.34. The maximum Gasteiger partial charge on any atom is 0.254 e. The third-order valence-corrected chi connectivity index (χ3v) is 5.23. The molecule has 0 spiro atoms. The predicted molar refractivity (Wildman–Crippen MR) is 95.4 cm³/mol. The van der Waals surface area contributed by atoms with Crippen LogP contribution >= 0.6 is 0 Å². The zero-order valence-electron chi connectivity index (χ0n) is 14.9. The zero-order valence-corrected chi connectivity index (χ0v) is 14.9. The Hall–Kier alpha value is -2.14. The number of benzene rings is 1. The molecule has 4 rings (SSSR count). The molecule has 1 aromatic carbocycles. The van der Waals surface area contributed by atoms with E-state index in [9.17, 15) is 4.79 Å². The molecular formula is C20H25N3O2. The first-order valence-corrected chi connectivity index (χ1v) is 9.09. The van der Waals surface area contributed by atoms with Crippen LogP contribution in [0.3, 0.4) is 0 Å². The van der Waals surface area contributed by atoms with E-state index in [1.165, 1.54) is 18.4 Å². The van der Waals surface area contributed by atoms with Gasteiger partial charge < -0.3 is 9.64 Å². The Bertz CT molecular complexity index is 779. The minimum absolute atomic E-state index is 0.0667. The van der Waals surface area contributed by atoms with Crippen LogP contribution in [0.2, 0.25) is 0 Å². The van der Waals surface area contributed by atoms with Crippen molar-refractivity contribution < 1.29 is 9.53 Å². The average Bonchev–Trinajstić information content (AvgIpc) is 3.36. The highest BCUT2D eigenvalue weighted by molar-refractivity contribution is 5.94. The number of carbonyl (C=O) groups is 1. The maximum atomic E-state index is 13.2. The fourth-order valence-electron chi connectivity index (χ4n) is 3.65. The van der Waals surface area contributed by atoms with E-state index in [0.29, 0.717) is 13.2 Å². The van der Waals surface area contributed by atoms with Gasteiger partial charge in [-0.2, -0.15) is 5.10 Å². The van der Waals surface area contributed by atoms with Crippen LogP contribution in [0.25, 0.3) is 0 Å². The van der Waals surface area contributed by atoms with Crippen LogP contribution in [-0.2, 0) is 18.2 Å². The molecule has 25 heavy (non-hydrogen) atoms. The first-order valence-electron chi connectivity index (χ1n) is 9.09. The number of aromatic nitrogens is 2. The van der Waals surface area contributed by atoms with Crippen molar-refractivity contribution in [1.82, 2.24) is 14.7 Å². The van der Waals surface area contributed by atoms with Crippen LogP contribution in [0.1, 0.15) is 46.1 Å². The summed E-state index contributed by atoms with van der Waals surface area (Å²) in [6.07, 6.45) is 5.32. The van der Waals surface area contributed by atoms with Gasteiger partial charge in [0.25, 0.3) is 5.91 Å². The van der Waals surface area contributed by atoms with Gasteiger partial charge in [-0.1, -0.05) is 17.7 Å². The van der Waals surface area contributed by atoms with Crippen LogP contribution in [0, 0.1) is 12.8 Å². The van der Waals surface area contributed by atoms with E-state index in [4.69, 9.17) is 4.74 Å². The second kappa shape index (κ2) is 6.64. The molecule has 132 valence electrons. The number of amides is 1. The van der Waals surface area contributed by atoms with Gasteiger partial charge in [-0.05, 0) is 49.8 Å². The predicted octanol–water partition coefficient (Wildman–Crippen LogP) is 2.89. The quantitative estimate of drug-likeness (QED) is 0.841. The summed E-state index contributed by atoms with van der Waals surface area (Å²) < 4.78 is 7.88. The molecule has 0 saturated heterocycles. The molecule has 1 aromatic heterocycles. The lowest BCUT2D eigenvalue weighted by atomic mass is 9.98. The Balaban J connectivity index is 1.60. The third-order valence-electron chi connectivity index (χ3n) is 5.23. The number of hydrogen-bond acceptors (Lipinski definition) is 3. The maximum absolute atomic E-state index is 13.2. The van der Waals surface area contributed by atoms with Gasteiger partial charge in [-0.15, -0.1) is 0 Å². The second-order valence-corrected chi connectivity index (χ2v) is 7.29. The van der Waals surface area contributed by atoms with Crippen molar-refractivity contribution in [1.29, 1.82) is 0 Å². The molecule has 2 aromatic rings. The Morgan fingerprint density at radius 3 is 2.92 bits per heavy atom. The first-order chi connectivity index (χ1) is 12.1. The Labute approximate surface area is 148 Å². The van der Waals surface area contributed by atoms with Crippen molar-refractivity contribution >= 4 is 5.91 Å². The van der Waals surface area contributed by atoms with E-state index in [1.807, 2.05) is 54.0 Å². The summed E-state index contributed by atoms with van der Waals surface area (Å²) in [7, 11) is 1.95. The molecule has 5 nitrogen and oxygen atoms in total. The first kappa shape index (κ1) is 16.3. The summed E-state index contributed by atoms with van der Waals surface area (Å²) in [5, 5.41) is 4.41. The largest absolute Gasteiger partial charge is 0.379 e. The molecular weight excluding hydrogens is 314 g/mol. The summed E-state index contributed by atoms with van der Waals surface area (Å²) >= 11 is 0. The molecule has 1 aliphatic heterocycles. The van der Waals surface area contributed by atoms with Crippen LogP contribution in [-0.4, -0.2) is 40.3 Å². The summed E-state index contributed by atoms with van der Waals surface area (Å²) in [6.45, 7) is 4.07. The molecule has 0 N–H and O–H groups in total. The lowest BCUT2D eigenvalue weighted by Crippen LogP contribution is -2.42. The van der Waals surface area contributed by atoms with E-state index in [2.05, 4.69) is 5.10 Å². The number of aryl methyl sites for hydroxylation is 2. The van der Waals surface area contributed by atoms with Crippen molar-refractivity contribution in [2.24, 2.45) is 13.0 Å². The van der Waals surface area contributed by atoms with Gasteiger partial charge in [-0.25, -0.2) is 0 Å². The highest BCUT2D eigenvalue weighted by Crippen LogP contribution is 2.33. The lowest BCUT2D eigenvalue weighted by Gasteiger charge is -2.36. The molecule has 0 bridgehead atoms. The normalized spacial score (nSPS) is 19.8. The zero-order chi connectivity index (χ0) is 17.4. The minimum Gasteiger partial charge on any atom is -0.379 e. The smallest absolute Gasteiger partial charge is 0.254 e. The average molecular weight is 339 g/mol. The van der Waals surface area contributed by atoms with E-state index in [0.717, 1.165) is 35.8 Å². The van der Waals surface area contributed by atoms with Crippen molar-refractivity contribution in [2.45, 2.75) is 32.2 Å². The van der Waals surface area contributed by atoms with Crippen LogP contribution in [0.5, 0.6) is 0 Å². The van der Waals surface area contributed by atoms with E-state index in [1.54, 1.807) is 0 Å². The number of hydrogen-bond donors (Lipinski definition) is 0. The van der Waals surface area contributed by atoms with E-state index in [-0.39, 0.29) is 11.9 Å². The van der Waals surface area contributed by atoms with Crippen molar-refractivity contribution in [2.75, 3.05) is 19.8 Å². The van der Waals surface area contributed by atoms with Crippen LogP contribution in [0.15, 0.2) is 30.5 Å². The molecule has 2 aliphatic rings. The van der Waals surface area contributed by atoms with E-state index < -0.39 is 0 Å². The lowest BCUT2D eigenvalue weighted by molar-refractivity contribution is 0.0348. The van der Waals surface area contributed by atoms with Gasteiger partial charge in [0.2, 0.25) is 0 Å². The number of nitrogens with zero attached hydrogens (tertiary/aromatic N) is 3. The number of carbonyl (C=O) groups excluding carboxylic acids is 1. The summed E-state index contributed by atoms with van der Waals surface area (Å²) in [6, 6.07) is 7.76. The summed E-state index contributed by atoms with van der Waals surface area (Å²) in [4.78, 5) is 15.1. The fourth-order valence-corrected chi connectivity index (χ4v) is 3.65.